The van der Waals surface area contributed by atoms with Crippen molar-refractivity contribution in [3.8, 4) is 0 Å². The molecule has 0 radical (unpaired) electrons. The molecule has 8 nitrogen and oxygen atoms in total. The summed E-state index contributed by atoms with van der Waals surface area (Å²) < 4.78 is 25.7. The zero-order valence-electron chi connectivity index (χ0n) is 17.2. The molecule has 1 aliphatic heterocycles. The molecule has 0 aliphatic carbocycles. The quantitative estimate of drug-likeness (QED) is 0.501. The standard InChI is InChI=1S/C21H23N5O3S/c1-5-26(19-17-8-9-18(30(4,28)29)25(17)11-10-22-19)23-13-14-6-7-15-16(12-14)21(2,3)24-20(15)27/h6-13H,5H2,1-4H3,(H,24,27)/b23-13+. The van der Waals surface area contributed by atoms with E-state index >= 15 is 0 Å². The average Bonchev–Trinajstić information content (AvgIpc) is 3.21. The molecule has 1 N–H and O–H groups in total. The molecular formula is C21H23N5O3S. The van der Waals surface area contributed by atoms with Crippen LogP contribution < -0.4 is 10.3 Å². The molecule has 4 rings (SSSR count). The Morgan fingerprint density at radius 1 is 1.27 bits per heavy atom. The number of amides is 1. The minimum Gasteiger partial charge on any atom is -0.343 e. The van der Waals surface area contributed by atoms with Gasteiger partial charge in [-0.05, 0) is 56.2 Å². The van der Waals surface area contributed by atoms with Crippen LogP contribution in [-0.2, 0) is 15.4 Å². The molecule has 2 aromatic heterocycles. The molecule has 0 bridgehead atoms. The van der Waals surface area contributed by atoms with Crippen LogP contribution >= 0.6 is 0 Å². The van der Waals surface area contributed by atoms with Gasteiger partial charge in [0.05, 0.1) is 17.3 Å². The summed E-state index contributed by atoms with van der Waals surface area (Å²) in [5.74, 6) is 0.490. The number of anilines is 1. The lowest BCUT2D eigenvalue weighted by Crippen LogP contribution is -2.32. The Morgan fingerprint density at radius 2 is 2.03 bits per heavy atom. The van der Waals surface area contributed by atoms with Crippen molar-refractivity contribution >= 4 is 33.3 Å². The van der Waals surface area contributed by atoms with Gasteiger partial charge < -0.3 is 9.72 Å². The highest BCUT2D eigenvalue weighted by atomic mass is 32.2. The largest absolute Gasteiger partial charge is 0.343 e. The molecule has 1 aromatic carbocycles. The Bertz CT molecular complexity index is 1290. The molecule has 0 saturated heterocycles. The number of hydrogen-bond donors (Lipinski definition) is 1. The Balaban J connectivity index is 1.71. The summed E-state index contributed by atoms with van der Waals surface area (Å²) in [4.78, 5) is 16.5. The number of carbonyl (C=O) groups is 1. The number of fused-ring (bicyclic) bond motifs is 2. The first kappa shape index (κ1) is 20.1. The lowest BCUT2D eigenvalue weighted by Gasteiger charge is -2.19. The number of rotatable bonds is 5. The van der Waals surface area contributed by atoms with Gasteiger partial charge in [0.2, 0.25) is 0 Å². The molecule has 3 heterocycles. The number of nitrogens with zero attached hydrogens (tertiary/aromatic N) is 4. The molecule has 156 valence electrons. The van der Waals surface area contributed by atoms with Crippen LogP contribution in [0.3, 0.4) is 0 Å². The van der Waals surface area contributed by atoms with Gasteiger partial charge in [0.1, 0.15) is 5.03 Å². The molecule has 0 unspecified atom stereocenters. The van der Waals surface area contributed by atoms with Crippen molar-refractivity contribution in [2.45, 2.75) is 31.3 Å². The lowest BCUT2D eigenvalue weighted by molar-refractivity contribution is 0.0940. The summed E-state index contributed by atoms with van der Waals surface area (Å²) in [5, 5.41) is 9.46. The van der Waals surface area contributed by atoms with Gasteiger partial charge in [-0.3, -0.25) is 4.79 Å². The fourth-order valence-corrected chi connectivity index (χ4v) is 4.53. The maximum absolute atomic E-state index is 12.1. The van der Waals surface area contributed by atoms with Gasteiger partial charge in [0, 0.05) is 30.8 Å². The third-order valence-electron chi connectivity index (χ3n) is 5.18. The van der Waals surface area contributed by atoms with Gasteiger partial charge in [-0.15, -0.1) is 0 Å². The van der Waals surface area contributed by atoms with E-state index in [9.17, 15) is 13.2 Å². The van der Waals surface area contributed by atoms with E-state index in [2.05, 4.69) is 15.4 Å². The molecule has 0 fully saturated rings. The maximum atomic E-state index is 12.1. The van der Waals surface area contributed by atoms with Crippen molar-refractivity contribution in [1.29, 1.82) is 0 Å². The van der Waals surface area contributed by atoms with Gasteiger partial charge in [-0.1, -0.05) is 6.07 Å². The first-order valence-electron chi connectivity index (χ1n) is 9.56. The molecular weight excluding hydrogens is 402 g/mol. The summed E-state index contributed by atoms with van der Waals surface area (Å²) in [7, 11) is -3.37. The van der Waals surface area contributed by atoms with E-state index < -0.39 is 15.4 Å². The molecule has 9 heteroatoms. The third kappa shape index (κ3) is 3.35. The second-order valence-corrected chi connectivity index (χ2v) is 9.76. The first-order valence-corrected chi connectivity index (χ1v) is 11.5. The molecule has 0 saturated carbocycles. The van der Waals surface area contributed by atoms with Crippen LogP contribution in [0.2, 0.25) is 0 Å². The van der Waals surface area contributed by atoms with Crippen molar-refractivity contribution < 1.29 is 13.2 Å². The maximum Gasteiger partial charge on any atom is 0.252 e. The van der Waals surface area contributed by atoms with Crippen molar-refractivity contribution in [3.63, 3.8) is 0 Å². The number of benzene rings is 1. The highest BCUT2D eigenvalue weighted by Gasteiger charge is 2.34. The van der Waals surface area contributed by atoms with Crippen molar-refractivity contribution in [2.24, 2.45) is 5.10 Å². The number of carbonyl (C=O) groups excluding carboxylic acids is 1. The van der Waals surface area contributed by atoms with E-state index in [1.54, 1.807) is 40.2 Å². The zero-order chi connectivity index (χ0) is 21.7. The highest BCUT2D eigenvalue weighted by Crippen LogP contribution is 2.31. The SMILES string of the molecule is CCN(/N=C/c1ccc2c(c1)C(C)(C)NC2=O)c1nccn2c(S(C)(=O)=O)ccc12. The Hall–Kier alpha value is -3.20. The number of sulfone groups is 1. The second-order valence-electron chi connectivity index (χ2n) is 7.79. The Morgan fingerprint density at radius 3 is 2.73 bits per heavy atom. The van der Waals surface area contributed by atoms with E-state index in [0.29, 0.717) is 23.4 Å². The predicted octanol–water partition coefficient (Wildman–Crippen LogP) is 2.58. The molecule has 3 aromatic rings. The van der Waals surface area contributed by atoms with Crippen LogP contribution in [0, 0.1) is 0 Å². The van der Waals surface area contributed by atoms with E-state index in [1.165, 1.54) is 6.26 Å². The van der Waals surface area contributed by atoms with Gasteiger partial charge in [-0.2, -0.15) is 5.10 Å². The Kier molecular flexibility index (Phi) is 4.65. The molecule has 0 spiro atoms. The minimum atomic E-state index is -3.37. The van der Waals surface area contributed by atoms with Gasteiger partial charge in [0.15, 0.2) is 15.7 Å². The van der Waals surface area contributed by atoms with Gasteiger partial charge in [-0.25, -0.2) is 18.4 Å². The number of hydrogen-bond acceptors (Lipinski definition) is 6. The molecule has 1 aliphatic rings. The summed E-state index contributed by atoms with van der Waals surface area (Å²) in [6.07, 6.45) is 6.08. The number of nitrogens with one attached hydrogen (secondary N) is 1. The van der Waals surface area contributed by atoms with Crippen molar-refractivity contribution in [3.05, 3.63) is 59.4 Å². The minimum absolute atomic E-state index is 0.0699. The lowest BCUT2D eigenvalue weighted by atomic mass is 9.93. The molecule has 1 amide bonds. The fourth-order valence-electron chi connectivity index (χ4n) is 3.70. The molecule has 30 heavy (non-hydrogen) atoms. The second kappa shape index (κ2) is 6.94. The van der Waals surface area contributed by atoms with Crippen LogP contribution in [0.1, 0.15) is 42.3 Å². The third-order valence-corrected chi connectivity index (χ3v) is 6.27. The van der Waals surface area contributed by atoms with E-state index in [4.69, 9.17) is 0 Å². The first-order chi connectivity index (χ1) is 14.1. The smallest absolute Gasteiger partial charge is 0.252 e. The van der Waals surface area contributed by atoms with E-state index in [1.807, 2.05) is 39.0 Å². The Labute approximate surface area is 175 Å². The predicted molar refractivity (Wildman–Crippen MR) is 116 cm³/mol. The molecule has 0 atom stereocenters. The summed E-state index contributed by atoms with van der Waals surface area (Å²) in [6.45, 7) is 6.41. The van der Waals surface area contributed by atoms with Gasteiger partial charge >= 0.3 is 0 Å². The normalized spacial score (nSPS) is 15.5. The van der Waals surface area contributed by atoms with Crippen LogP contribution in [0.5, 0.6) is 0 Å². The fraction of sp³-hybridized carbons (Fsp3) is 0.286. The summed E-state index contributed by atoms with van der Waals surface area (Å²) in [6, 6.07) is 8.91. The summed E-state index contributed by atoms with van der Waals surface area (Å²) in [5.41, 5.74) is 2.70. The summed E-state index contributed by atoms with van der Waals surface area (Å²) >= 11 is 0. The van der Waals surface area contributed by atoms with Gasteiger partial charge in [0.25, 0.3) is 5.91 Å². The van der Waals surface area contributed by atoms with Crippen molar-refractivity contribution in [1.82, 2.24) is 14.7 Å². The van der Waals surface area contributed by atoms with Crippen molar-refractivity contribution in [2.75, 3.05) is 17.8 Å². The zero-order valence-corrected chi connectivity index (χ0v) is 18.1. The highest BCUT2D eigenvalue weighted by molar-refractivity contribution is 7.90. The number of aromatic nitrogens is 2. The monoisotopic (exact) mass is 425 g/mol. The van der Waals surface area contributed by atoms with E-state index in [-0.39, 0.29) is 10.9 Å². The van der Waals surface area contributed by atoms with Crippen LogP contribution in [0.25, 0.3) is 5.52 Å². The van der Waals surface area contributed by atoms with Crippen LogP contribution in [-0.4, -0.2) is 42.7 Å². The van der Waals surface area contributed by atoms with E-state index in [0.717, 1.165) is 11.1 Å². The topological polar surface area (TPSA) is 96.1 Å². The van der Waals surface area contributed by atoms with Crippen LogP contribution in [0.15, 0.2) is 52.9 Å². The van der Waals surface area contributed by atoms with Crippen LogP contribution in [0.4, 0.5) is 5.82 Å². The number of hydrazone groups is 1. The average molecular weight is 426 g/mol.